The minimum atomic E-state index is -1.42. The lowest BCUT2D eigenvalue weighted by Gasteiger charge is -2.12. The maximum Gasteiger partial charge on any atom is 0.129 e. The van der Waals surface area contributed by atoms with E-state index in [0.29, 0.717) is 6.54 Å². The summed E-state index contributed by atoms with van der Waals surface area (Å²) >= 11 is 0. The van der Waals surface area contributed by atoms with E-state index in [1.165, 1.54) is 0 Å². The van der Waals surface area contributed by atoms with Gasteiger partial charge in [0.05, 0.1) is 36.2 Å². The number of imidazole rings is 1. The van der Waals surface area contributed by atoms with Crippen LogP contribution >= 0.6 is 0 Å². The molecule has 2 heterocycles. The highest BCUT2D eigenvalue weighted by atomic mass is 28.3. The van der Waals surface area contributed by atoms with E-state index in [1.54, 1.807) is 0 Å². The fraction of sp³-hybridized carbons (Fsp3) is 0.182. The minimum absolute atomic E-state index is 0.620. The van der Waals surface area contributed by atoms with Crippen molar-refractivity contribution in [3.05, 3.63) is 83.4 Å². The maximum absolute atomic E-state index is 4.91. The van der Waals surface area contributed by atoms with Crippen molar-refractivity contribution < 1.29 is 0 Å². The van der Waals surface area contributed by atoms with Crippen LogP contribution in [-0.4, -0.2) is 23.3 Å². The summed E-state index contributed by atoms with van der Waals surface area (Å²) in [4.78, 5) is 9.22. The fourth-order valence-corrected chi connectivity index (χ4v) is 3.54. The Kier molecular flexibility index (Phi) is 4.10. The Morgan fingerprint density at radius 1 is 1.04 bits per heavy atom. The van der Waals surface area contributed by atoms with Gasteiger partial charge >= 0.3 is 0 Å². The predicted molar refractivity (Wildman–Crippen MR) is 110 cm³/mol. The molecule has 0 radical (unpaired) electrons. The number of rotatable bonds is 1. The van der Waals surface area contributed by atoms with Crippen molar-refractivity contribution in [2.24, 2.45) is 4.99 Å². The number of hydrogen-bond acceptors (Lipinski definition) is 2. The molecule has 2 aromatic carbocycles. The van der Waals surface area contributed by atoms with Crippen LogP contribution in [0.1, 0.15) is 22.4 Å². The predicted octanol–water partition coefficient (Wildman–Crippen LogP) is 4.45. The molecule has 4 rings (SSSR count). The Bertz CT molecular complexity index is 1040. The third-order valence-electron chi connectivity index (χ3n) is 4.25. The Morgan fingerprint density at radius 3 is 2.62 bits per heavy atom. The van der Waals surface area contributed by atoms with Crippen LogP contribution in [0.15, 0.2) is 66.0 Å². The molecule has 0 N–H and O–H groups in total. The number of fused-ring (bicyclic) bond motifs is 3. The molecular formula is C22H21N3Si. The summed E-state index contributed by atoms with van der Waals surface area (Å²) in [6, 6.07) is 16.8. The van der Waals surface area contributed by atoms with Gasteiger partial charge < -0.3 is 4.57 Å². The number of aliphatic imine (C=N–C) groups is 1. The van der Waals surface area contributed by atoms with E-state index >= 15 is 0 Å². The molecule has 0 saturated carbocycles. The smallest absolute Gasteiger partial charge is 0.129 e. The third kappa shape index (κ3) is 3.26. The first-order valence-electron chi connectivity index (χ1n) is 8.80. The van der Waals surface area contributed by atoms with Gasteiger partial charge in [-0.15, -0.1) is 5.54 Å². The molecular weight excluding hydrogens is 334 g/mol. The summed E-state index contributed by atoms with van der Waals surface area (Å²) < 4.78 is 2.13. The van der Waals surface area contributed by atoms with Crippen LogP contribution in [0.5, 0.6) is 0 Å². The summed E-state index contributed by atoms with van der Waals surface area (Å²) in [5.41, 5.74) is 9.95. The van der Waals surface area contributed by atoms with Gasteiger partial charge in [0.25, 0.3) is 0 Å². The molecule has 128 valence electrons. The van der Waals surface area contributed by atoms with E-state index < -0.39 is 8.07 Å². The van der Waals surface area contributed by atoms with Crippen molar-refractivity contribution in [3.8, 4) is 17.2 Å². The van der Waals surface area contributed by atoms with Crippen molar-refractivity contribution in [1.82, 2.24) is 9.55 Å². The van der Waals surface area contributed by atoms with Gasteiger partial charge in [0.15, 0.2) is 0 Å². The van der Waals surface area contributed by atoms with E-state index in [4.69, 9.17) is 4.99 Å². The highest BCUT2D eigenvalue weighted by molar-refractivity contribution is 6.83. The standard InChI is InChI=1S/C22H21N3Si/c1-26(2,3)12-11-17-9-10-21-20(13-17)22(18-7-5-4-6-8-18)24-15-19-14-23-16-25(19)21/h4-10,13-14,16H,15H2,1-3H3. The molecule has 3 aromatic rings. The zero-order valence-electron chi connectivity index (χ0n) is 15.3. The second-order valence-electron chi connectivity index (χ2n) is 7.52. The Morgan fingerprint density at radius 2 is 1.85 bits per heavy atom. The van der Waals surface area contributed by atoms with Gasteiger partial charge in [-0.2, -0.15) is 0 Å². The Labute approximate surface area is 155 Å². The first kappa shape index (κ1) is 16.6. The molecule has 26 heavy (non-hydrogen) atoms. The summed E-state index contributed by atoms with van der Waals surface area (Å²) in [5.74, 6) is 3.38. The number of aromatic nitrogens is 2. The monoisotopic (exact) mass is 355 g/mol. The van der Waals surface area contributed by atoms with Gasteiger partial charge in [0.2, 0.25) is 0 Å². The first-order valence-corrected chi connectivity index (χ1v) is 12.3. The summed E-state index contributed by atoms with van der Waals surface area (Å²) in [5, 5.41) is 0. The van der Waals surface area contributed by atoms with Crippen molar-refractivity contribution in [1.29, 1.82) is 0 Å². The van der Waals surface area contributed by atoms with Crippen molar-refractivity contribution in [2.75, 3.05) is 0 Å². The summed E-state index contributed by atoms with van der Waals surface area (Å²) in [6.45, 7) is 7.41. The Balaban J connectivity index is 1.91. The second kappa shape index (κ2) is 6.43. The highest BCUT2D eigenvalue weighted by Crippen LogP contribution is 2.26. The van der Waals surface area contributed by atoms with E-state index in [0.717, 1.165) is 33.8 Å². The van der Waals surface area contributed by atoms with Crippen LogP contribution in [0.3, 0.4) is 0 Å². The van der Waals surface area contributed by atoms with Crippen molar-refractivity contribution in [3.63, 3.8) is 0 Å². The molecule has 0 bridgehead atoms. The van der Waals surface area contributed by atoms with Crippen LogP contribution in [0, 0.1) is 11.5 Å². The van der Waals surface area contributed by atoms with Crippen LogP contribution < -0.4 is 0 Å². The lowest BCUT2D eigenvalue weighted by atomic mass is 9.98. The van der Waals surface area contributed by atoms with Crippen LogP contribution in [0.2, 0.25) is 19.6 Å². The van der Waals surface area contributed by atoms with Crippen molar-refractivity contribution in [2.45, 2.75) is 26.2 Å². The number of hydrogen-bond donors (Lipinski definition) is 0. The fourth-order valence-electron chi connectivity index (χ4n) is 3.02. The lowest BCUT2D eigenvalue weighted by Crippen LogP contribution is -2.16. The van der Waals surface area contributed by atoms with Gasteiger partial charge in [-0.3, -0.25) is 4.99 Å². The average molecular weight is 356 g/mol. The summed E-state index contributed by atoms with van der Waals surface area (Å²) in [7, 11) is -1.42. The van der Waals surface area contributed by atoms with Gasteiger partial charge in [-0.05, 0) is 18.2 Å². The normalized spacial score (nSPS) is 13.0. The van der Waals surface area contributed by atoms with E-state index in [9.17, 15) is 0 Å². The molecule has 0 fully saturated rings. The number of benzene rings is 2. The maximum atomic E-state index is 4.91. The molecule has 1 aromatic heterocycles. The molecule has 3 nitrogen and oxygen atoms in total. The first-order chi connectivity index (χ1) is 12.5. The largest absolute Gasteiger partial charge is 0.301 e. The molecule has 0 atom stereocenters. The second-order valence-corrected chi connectivity index (χ2v) is 12.3. The quantitative estimate of drug-likeness (QED) is 0.468. The van der Waals surface area contributed by atoms with Gasteiger partial charge in [0.1, 0.15) is 8.07 Å². The molecule has 0 unspecified atom stereocenters. The molecule has 0 amide bonds. The van der Waals surface area contributed by atoms with Gasteiger partial charge in [-0.25, -0.2) is 4.98 Å². The van der Waals surface area contributed by atoms with Crippen LogP contribution in [-0.2, 0) is 6.54 Å². The average Bonchev–Trinajstić information content (AvgIpc) is 3.03. The molecule has 4 heteroatoms. The lowest BCUT2D eigenvalue weighted by molar-refractivity contribution is 0.923. The van der Waals surface area contributed by atoms with E-state index in [2.05, 4.69) is 83.1 Å². The van der Waals surface area contributed by atoms with Crippen molar-refractivity contribution >= 4 is 13.8 Å². The highest BCUT2D eigenvalue weighted by Gasteiger charge is 2.19. The SMILES string of the molecule is C[Si](C)(C)C#Cc1ccc2c(c1)C(c1ccccc1)=NCc1cncn1-2. The zero-order chi connectivity index (χ0) is 18.1. The van der Waals surface area contributed by atoms with Gasteiger partial charge in [-0.1, -0.05) is 55.9 Å². The van der Waals surface area contributed by atoms with E-state index in [1.807, 2.05) is 18.6 Å². The topological polar surface area (TPSA) is 30.2 Å². The molecule has 1 aliphatic rings. The third-order valence-corrected chi connectivity index (χ3v) is 5.13. The number of nitrogens with zero attached hydrogens (tertiary/aromatic N) is 3. The molecule has 1 aliphatic heterocycles. The zero-order valence-corrected chi connectivity index (χ0v) is 16.3. The van der Waals surface area contributed by atoms with E-state index in [-0.39, 0.29) is 0 Å². The van der Waals surface area contributed by atoms with Crippen LogP contribution in [0.25, 0.3) is 5.69 Å². The summed E-state index contributed by atoms with van der Waals surface area (Å²) in [6.07, 6.45) is 3.76. The van der Waals surface area contributed by atoms with Gasteiger partial charge in [0, 0.05) is 16.7 Å². The Hall–Kier alpha value is -2.90. The molecule has 0 aliphatic carbocycles. The molecule has 0 spiro atoms. The van der Waals surface area contributed by atoms with Crippen LogP contribution in [0.4, 0.5) is 0 Å². The molecule has 0 saturated heterocycles. The minimum Gasteiger partial charge on any atom is -0.301 e.